The summed E-state index contributed by atoms with van der Waals surface area (Å²) >= 11 is 3.93. The van der Waals surface area contributed by atoms with E-state index in [1.165, 1.54) is 0 Å². The largest absolute Gasteiger partial charge is 0.320 e. The van der Waals surface area contributed by atoms with Crippen molar-refractivity contribution >= 4 is 30.7 Å². The van der Waals surface area contributed by atoms with Crippen LogP contribution >= 0.6 is 12.6 Å². The number of carbonyl (C=O) groups excluding carboxylic acids is 3. The van der Waals surface area contributed by atoms with Gasteiger partial charge in [-0.2, -0.15) is 12.6 Å². The second-order valence-electron chi connectivity index (χ2n) is 3.49. The van der Waals surface area contributed by atoms with Crippen LogP contribution in [0.15, 0.2) is 0 Å². The number of amides is 2. The van der Waals surface area contributed by atoms with Gasteiger partial charge in [0.15, 0.2) is 0 Å². The van der Waals surface area contributed by atoms with Gasteiger partial charge >= 0.3 is 0 Å². The topological polar surface area (TPSA) is 80.5 Å². The quantitative estimate of drug-likeness (QED) is 0.383. The molecule has 0 aromatic carbocycles. The smallest absolute Gasteiger partial charge is 0.246 e. The van der Waals surface area contributed by atoms with Gasteiger partial charge in [-0.05, 0) is 12.8 Å². The first-order valence-corrected chi connectivity index (χ1v) is 5.42. The first kappa shape index (κ1) is 12.2. The van der Waals surface area contributed by atoms with Crippen molar-refractivity contribution in [2.75, 3.05) is 5.75 Å². The minimum atomic E-state index is -0.794. The van der Waals surface area contributed by atoms with Crippen molar-refractivity contribution in [2.45, 2.75) is 31.3 Å². The van der Waals surface area contributed by atoms with Crippen LogP contribution in [0.2, 0.25) is 0 Å². The summed E-state index contributed by atoms with van der Waals surface area (Å²) in [5.41, 5.74) is 5.59. The molecule has 0 radical (unpaired) electrons. The van der Waals surface area contributed by atoms with Crippen LogP contribution in [0.4, 0.5) is 0 Å². The predicted molar refractivity (Wildman–Crippen MR) is 57.4 cm³/mol. The molecule has 1 rings (SSSR count). The molecule has 84 valence electrons. The van der Waals surface area contributed by atoms with Crippen LogP contribution in [0.3, 0.4) is 0 Å². The summed E-state index contributed by atoms with van der Waals surface area (Å²) in [7, 11) is 0. The molecule has 0 bridgehead atoms. The van der Waals surface area contributed by atoms with Crippen molar-refractivity contribution in [3.05, 3.63) is 0 Å². The molecule has 1 fully saturated rings. The summed E-state index contributed by atoms with van der Waals surface area (Å²) in [4.78, 5) is 35.0. The number of imide groups is 1. The maximum atomic E-state index is 11.7. The van der Waals surface area contributed by atoms with Gasteiger partial charge in [0, 0.05) is 12.2 Å². The van der Waals surface area contributed by atoms with E-state index in [0.29, 0.717) is 19.1 Å². The number of thiol groups is 1. The molecule has 1 unspecified atom stereocenters. The third-order valence-electron chi connectivity index (χ3n) is 2.40. The maximum Gasteiger partial charge on any atom is 0.246 e. The van der Waals surface area contributed by atoms with Gasteiger partial charge in [-0.1, -0.05) is 0 Å². The Kier molecular flexibility index (Phi) is 4.28. The van der Waals surface area contributed by atoms with E-state index in [0.717, 1.165) is 4.90 Å². The predicted octanol–water partition coefficient (Wildman–Crippen LogP) is -0.650. The highest BCUT2D eigenvalue weighted by molar-refractivity contribution is 7.80. The standard InChI is InChI=1S/C9H14N2O3S/c10-7-2-1-3-8(13)11(9(7)14)6(4-12)5-15/h4,6-7,15H,1-3,5,10H2/t6-,7?/m1/s1. The Balaban J connectivity index is 2.92. The average molecular weight is 230 g/mol. The summed E-state index contributed by atoms with van der Waals surface area (Å²) in [5.74, 6) is -0.670. The molecule has 0 spiro atoms. The van der Waals surface area contributed by atoms with E-state index in [4.69, 9.17) is 5.73 Å². The Labute approximate surface area is 93.4 Å². The van der Waals surface area contributed by atoms with Crippen molar-refractivity contribution in [3.8, 4) is 0 Å². The number of nitrogens with zero attached hydrogens (tertiary/aromatic N) is 1. The molecule has 15 heavy (non-hydrogen) atoms. The van der Waals surface area contributed by atoms with Gasteiger partial charge in [0.1, 0.15) is 12.3 Å². The van der Waals surface area contributed by atoms with Crippen molar-refractivity contribution in [1.29, 1.82) is 0 Å². The molecular formula is C9H14N2O3S. The van der Waals surface area contributed by atoms with Crippen molar-refractivity contribution < 1.29 is 14.4 Å². The monoisotopic (exact) mass is 230 g/mol. The third kappa shape index (κ3) is 2.57. The molecular weight excluding hydrogens is 216 g/mol. The molecule has 6 heteroatoms. The van der Waals surface area contributed by atoms with Crippen LogP contribution in [0, 0.1) is 0 Å². The lowest BCUT2D eigenvalue weighted by Gasteiger charge is -2.25. The van der Waals surface area contributed by atoms with E-state index in [2.05, 4.69) is 12.6 Å². The molecule has 0 aromatic heterocycles. The van der Waals surface area contributed by atoms with Gasteiger partial charge in [0.25, 0.3) is 0 Å². The average Bonchev–Trinajstić information content (AvgIpc) is 2.34. The Hall–Kier alpha value is -0.880. The number of carbonyl (C=O) groups is 3. The van der Waals surface area contributed by atoms with Gasteiger partial charge in [-0.25, -0.2) is 0 Å². The van der Waals surface area contributed by atoms with Crippen molar-refractivity contribution in [3.63, 3.8) is 0 Å². The van der Waals surface area contributed by atoms with Crippen molar-refractivity contribution in [2.24, 2.45) is 5.73 Å². The number of rotatable bonds is 3. The highest BCUT2D eigenvalue weighted by atomic mass is 32.1. The Morgan fingerprint density at radius 1 is 1.60 bits per heavy atom. The summed E-state index contributed by atoms with van der Waals surface area (Å²) < 4.78 is 0. The molecule has 2 amide bonds. The zero-order valence-corrected chi connectivity index (χ0v) is 9.15. The fourth-order valence-corrected chi connectivity index (χ4v) is 1.80. The lowest BCUT2D eigenvalue weighted by atomic mass is 10.1. The molecule has 1 heterocycles. The molecule has 2 atom stereocenters. The molecule has 0 aromatic rings. The van der Waals surface area contributed by atoms with E-state index >= 15 is 0 Å². The first-order chi connectivity index (χ1) is 7.11. The summed E-state index contributed by atoms with van der Waals surface area (Å²) in [6, 6.07) is -1.48. The van der Waals surface area contributed by atoms with Crippen LogP contribution in [0.25, 0.3) is 0 Å². The van der Waals surface area contributed by atoms with E-state index in [1.54, 1.807) is 0 Å². The van der Waals surface area contributed by atoms with Gasteiger partial charge in [-0.15, -0.1) is 0 Å². The number of likely N-dealkylation sites (tertiary alicyclic amines) is 1. The number of hydrogen-bond donors (Lipinski definition) is 2. The minimum Gasteiger partial charge on any atom is -0.320 e. The lowest BCUT2D eigenvalue weighted by molar-refractivity contribution is -0.148. The van der Waals surface area contributed by atoms with Gasteiger partial charge < -0.3 is 10.5 Å². The number of aldehydes is 1. The highest BCUT2D eigenvalue weighted by Gasteiger charge is 2.34. The molecule has 1 aliphatic heterocycles. The zero-order chi connectivity index (χ0) is 11.4. The molecule has 0 aliphatic carbocycles. The molecule has 1 aliphatic rings. The van der Waals surface area contributed by atoms with Gasteiger partial charge in [0.2, 0.25) is 11.8 Å². The minimum absolute atomic E-state index is 0.133. The van der Waals surface area contributed by atoms with Gasteiger partial charge in [0.05, 0.1) is 6.04 Å². The number of nitrogens with two attached hydrogens (primary N) is 1. The fraction of sp³-hybridized carbons (Fsp3) is 0.667. The highest BCUT2D eigenvalue weighted by Crippen LogP contribution is 2.14. The van der Waals surface area contributed by atoms with Crippen LogP contribution in [0.5, 0.6) is 0 Å². The first-order valence-electron chi connectivity index (χ1n) is 4.79. The van der Waals surface area contributed by atoms with Crippen LogP contribution in [-0.4, -0.2) is 40.8 Å². The molecule has 0 saturated carbocycles. The van der Waals surface area contributed by atoms with Crippen molar-refractivity contribution in [1.82, 2.24) is 4.90 Å². The Morgan fingerprint density at radius 3 is 2.80 bits per heavy atom. The summed E-state index contributed by atoms with van der Waals surface area (Å²) in [5, 5.41) is 0. The SMILES string of the molecule is NC1CCCC(=O)N([C@H](C=O)CS)C1=O. The van der Waals surface area contributed by atoms with E-state index in [9.17, 15) is 14.4 Å². The molecule has 5 nitrogen and oxygen atoms in total. The maximum absolute atomic E-state index is 11.7. The Morgan fingerprint density at radius 2 is 2.27 bits per heavy atom. The van der Waals surface area contributed by atoms with E-state index in [-0.39, 0.29) is 18.1 Å². The van der Waals surface area contributed by atoms with E-state index in [1.807, 2.05) is 0 Å². The Bertz CT molecular complexity index is 283. The summed E-state index contributed by atoms with van der Waals surface area (Å²) in [6.07, 6.45) is 1.89. The fourth-order valence-electron chi connectivity index (χ4n) is 1.55. The second-order valence-corrected chi connectivity index (χ2v) is 3.85. The van der Waals surface area contributed by atoms with E-state index < -0.39 is 18.0 Å². The summed E-state index contributed by atoms with van der Waals surface area (Å²) in [6.45, 7) is 0. The van der Waals surface area contributed by atoms with Crippen LogP contribution in [0.1, 0.15) is 19.3 Å². The molecule has 2 N–H and O–H groups in total. The lowest BCUT2D eigenvalue weighted by Crippen LogP contribution is -2.51. The normalized spacial score (nSPS) is 24.9. The number of hydrogen-bond acceptors (Lipinski definition) is 5. The van der Waals surface area contributed by atoms with Gasteiger partial charge in [-0.3, -0.25) is 14.5 Å². The second kappa shape index (κ2) is 5.27. The van der Waals surface area contributed by atoms with Crippen LogP contribution in [-0.2, 0) is 14.4 Å². The van der Waals surface area contributed by atoms with Crippen LogP contribution < -0.4 is 5.73 Å². The third-order valence-corrected chi connectivity index (χ3v) is 2.78. The molecule has 1 saturated heterocycles. The zero-order valence-electron chi connectivity index (χ0n) is 8.26.